The van der Waals surface area contributed by atoms with Crippen molar-refractivity contribution in [3.63, 3.8) is 0 Å². The fourth-order valence-electron chi connectivity index (χ4n) is 4.63. The number of urea groups is 1. The highest BCUT2D eigenvalue weighted by atomic mass is 19.1. The second kappa shape index (κ2) is 8.72. The standard InChI is InChI=1S/C23H28FN5O3/c1-3-16-6-8-23(9-7-16)21(31)29(22(32)27-23)14-20(30)26-13-17-4-5-19(18(24)12-17)28-11-10-25-15(28)2/h4-5,10-12,16H,3,6-9,13-14H2,1-2H3,(H,26,30)(H,27,32). The number of benzene rings is 1. The van der Waals surface area contributed by atoms with Gasteiger partial charge >= 0.3 is 6.03 Å². The van der Waals surface area contributed by atoms with Crippen LogP contribution in [0.2, 0.25) is 0 Å². The van der Waals surface area contributed by atoms with Crippen LogP contribution in [0.1, 0.15) is 50.4 Å². The third kappa shape index (κ3) is 4.11. The van der Waals surface area contributed by atoms with Gasteiger partial charge in [-0.2, -0.15) is 0 Å². The van der Waals surface area contributed by atoms with Crippen LogP contribution in [0.4, 0.5) is 9.18 Å². The summed E-state index contributed by atoms with van der Waals surface area (Å²) in [4.78, 5) is 42.8. The van der Waals surface area contributed by atoms with E-state index in [4.69, 9.17) is 0 Å². The molecule has 2 N–H and O–H groups in total. The first kappa shape index (κ1) is 22.0. The first-order chi connectivity index (χ1) is 15.3. The van der Waals surface area contributed by atoms with Gasteiger partial charge in [0.25, 0.3) is 5.91 Å². The number of carbonyl (C=O) groups is 3. The van der Waals surface area contributed by atoms with Gasteiger partial charge in [-0.3, -0.25) is 14.5 Å². The molecule has 0 atom stereocenters. The zero-order valence-electron chi connectivity index (χ0n) is 18.4. The minimum absolute atomic E-state index is 0.0892. The molecule has 1 saturated carbocycles. The Hall–Kier alpha value is -3.23. The molecular weight excluding hydrogens is 413 g/mol. The fraction of sp³-hybridized carbons (Fsp3) is 0.478. The number of aryl methyl sites for hydroxylation is 1. The molecule has 4 amide bonds. The maximum atomic E-state index is 14.5. The van der Waals surface area contributed by atoms with Crippen LogP contribution in [0.3, 0.4) is 0 Å². The van der Waals surface area contributed by atoms with Crippen LogP contribution < -0.4 is 10.6 Å². The number of hydrogen-bond donors (Lipinski definition) is 2. The average molecular weight is 442 g/mol. The summed E-state index contributed by atoms with van der Waals surface area (Å²) in [5.41, 5.74) is 0.0782. The van der Waals surface area contributed by atoms with E-state index >= 15 is 0 Å². The zero-order valence-corrected chi connectivity index (χ0v) is 18.4. The van der Waals surface area contributed by atoms with E-state index in [-0.39, 0.29) is 19.0 Å². The Kier molecular flexibility index (Phi) is 5.99. The molecule has 1 aromatic heterocycles. The average Bonchev–Trinajstić information content (AvgIpc) is 3.29. The van der Waals surface area contributed by atoms with E-state index in [1.54, 1.807) is 36.0 Å². The molecule has 32 heavy (non-hydrogen) atoms. The molecule has 1 aliphatic carbocycles. The van der Waals surface area contributed by atoms with Crippen LogP contribution in [0.5, 0.6) is 0 Å². The van der Waals surface area contributed by atoms with Crippen molar-refractivity contribution in [3.05, 3.63) is 47.8 Å². The number of imide groups is 1. The van der Waals surface area contributed by atoms with Gasteiger partial charge in [-0.05, 0) is 56.2 Å². The predicted octanol–water partition coefficient (Wildman–Crippen LogP) is 2.83. The Morgan fingerprint density at radius 3 is 2.69 bits per heavy atom. The van der Waals surface area contributed by atoms with E-state index in [1.807, 2.05) is 0 Å². The molecule has 2 aromatic rings. The van der Waals surface area contributed by atoms with E-state index < -0.39 is 23.3 Å². The molecule has 8 nitrogen and oxygen atoms in total. The quantitative estimate of drug-likeness (QED) is 0.674. The van der Waals surface area contributed by atoms with E-state index in [9.17, 15) is 18.8 Å². The normalized spacial score (nSPS) is 23.0. The van der Waals surface area contributed by atoms with Crippen LogP contribution in [0.25, 0.3) is 5.69 Å². The molecule has 0 radical (unpaired) electrons. The minimum Gasteiger partial charge on any atom is -0.350 e. The Morgan fingerprint density at radius 2 is 2.06 bits per heavy atom. The molecule has 0 bridgehead atoms. The van der Waals surface area contributed by atoms with Crippen LogP contribution >= 0.6 is 0 Å². The first-order valence-corrected chi connectivity index (χ1v) is 11.0. The Bertz CT molecular complexity index is 1040. The number of nitrogens with one attached hydrogen (secondary N) is 2. The fourth-order valence-corrected chi connectivity index (χ4v) is 4.63. The van der Waals surface area contributed by atoms with E-state index in [1.165, 1.54) is 6.07 Å². The molecule has 1 saturated heterocycles. The van der Waals surface area contributed by atoms with Gasteiger partial charge in [0.05, 0.1) is 5.69 Å². The highest BCUT2D eigenvalue weighted by molar-refractivity contribution is 6.09. The Labute approximate surface area is 186 Å². The summed E-state index contributed by atoms with van der Waals surface area (Å²) in [5.74, 6) is 0.0178. The van der Waals surface area contributed by atoms with Gasteiger partial charge < -0.3 is 15.2 Å². The van der Waals surface area contributed by atoms with Crippen molar-refractivity contribution in [2.24, 2.45) is 5.92 Å². The van der Waals surface area contributed by atoms with Crippen LogP contribution in [0, 0.1) is 18.7 Å². The van der Waals surface area contributed by atoms with Gasteiger partial charge in [0, 0.05) is 18.9 Å². The summed E-state index contributed by atoms with van der Waals surface area (Å²) in [7, 11) is 0. The number of imidazole rings is 1. The zero-order chi connectivity index (χ0) is 22.9. The lowest BCUT2D eigenvalue weighted by Crippen LogP contribution is -2.50. The molecule has 9 heteroatoms. The lowest BCUT2D eigenvalue weighted by atomic mass is 9.75. The summed E-state index contributed by atoms with van der Waals surface area (Å²) < 4.78 is 16.2. The number of hydrogen-bond acceptors (Lipinski definition) is 4. The third-order valence-electron chi connectivity index (χ3n) is 6.67. The number of rotatable bonds is 6. The number of amides is 4. The van der Waals surface area contributed by atoms with Crippen molar-refractivity contribution >= 4 is 17.8 Å². The number of halogens is 1. The van der Waals surface area contributed by atoms with E-state index in [0.29, 0.717) is 35.8 Å². The maximum absolute atomic E-state index is 14.5. The molecule has 2 heterocycles. The Balaban J connectivity index is 1.34. The van der Waals surface area contributed by atoms with Gasteiger partial charge in [0.2, 0.25) is 5.91 Å². The van der Waals surface area contributed by atoms with Gasteiger partial charge in [0.15, 0.2) is 0 Å². The number of nitrogens with zero attached hydrogens (tertiary/aromatic N) is 3. The highest BCUT2D eigenvalue weighted by Crippen LogP contribution is 2.37. The van der Waals surface area contributed by atoms with Crippen molar-refractivity contribution in [2.75, 3.05) is 6.54 Å². The van der Waals surface area contributed by atoms with Crippen molar-refractivity contribution in [3.8, 4) is 5.69 Å². The molecular formula is C23H28FN5O3. The molecule has 2 fully saturated rings. The minimum atomic E-state index is -0.868. The van der Waals surface area contributed by atoms with Gasteiger partial charge in [-0.25, -0.2) is 14.2 Å². The van der Waals surface area contributed by atoms with Crippen LogP contribution in [-0.4, -0.2) is 44.4 Å². The molecule has 170 valence electrons. The summed E-state index contributed by atoms with van der Waals surface area (Å²) in [6, 6.07) is 4.17. The topological polar surface area (TPSA) is 96.3 Å². The van der Waals surface area contributed by atoms with Crippen molar-refractivity contribution in [2.45, 2.75) is 58.0 Å². The smallest absolute Gasteiger partial charge is 0.325 e. The molecule has 4 rings (SSSR count). The number of aromatic nitrogens is 2. The van der Waals surface area contributed by atoms with Gasteiger partial charge in [0.1, 0.15) is 23.7 Å². The lowest BCUT2D eigenvalue weighted by molar-refractivity contribution is -0.136. The number of carbonyl (C=O) groups excluding carboxylic acids is 3. The summed E-state index contributed by atoms with van der Waals surface area (Å²) in [6.07, 6.45) is 7.33. The van der Waals surface area contributed by atoms with E-state index in [0.717, 1.165) is 24.2 Å². The molecule has 1 aliphatic heterocycles. The summed E-state index contributed by atoms with van der Waals surface area (Å²) >= 11 is 0. The van der Waals surface area contributed by atoms with Crippen LogP contribution in [-0.2, 0) is 16.1 Å². The van der Waals surface area contributed by atoms with Gasteiger partial charge in [-0.1, -0.05) is 19.4 Å². The molecule has 2 aliphatic rings. The third-order valence-corrected chi connectivity index (χ3v) is 6.67. The van der Waals surface area contributed by atoms with Crippen molar-refractivity contribution < 1.29 is 18.8 Å². The van der Waals surface area contributed by atoms with Crippen LogP contribution in [0.15, 0.2) is 30.6 Å². The first-order valence-electron chi connectivity index (χ1n) is 11.0. The monoisotopic (exact) mass is 441 g/mol. The van der Waals surface area contributed by atoms with Gasteiger partial charge in [-0.15, -0.1) is 0 Å². The summed E-state index contributed by atoms with van der Waals surface area (Å²) in [5, 5.41) is 5.49. The predicted molar refractivity (Wildman–Crippen MR) is 115 cm³/mol. The van der Waals surface area contributed by atoms with E-state index in [2.05, 4.69) is 22.5 Å². The molecule has 1 aromatic carbocycles. The second-order valence-corrected chi connectivity index (χ2v) is 8.66. The molecule has 1 spiro atoms. The second-order valence-electron chi connectivity index (χ2n) is 8.66. The van der Waals surface area contributed by atoms with Crippen molar-refractivity contribution in [1.29, 1.82) is 0 Å². The lowest BCUT2D eigenvalue weighted by Gasteiger charge is -2.34. The van der Waals surface area contributed by atoms with Crippen molar-refractivity contribution in [1.82, 2.24) is 25.1 Å². The summed E-state index contributed by atoms with van der Waals surface area (Å²) in [6.45, 7) is 3.65. The largest absolute Gasteiger partial charge is 0.350 e. The maximum Gasteiger partial charge on any atom is 0.325 e. The molecule has 0 unspecified atom stereocenters. The Morgan fingerprint density at radius 1 is 1.31 bits per heavy atom. The highest BCUT2D eigenvalue weighted by Gasteiger charge is 2.52. The SMILES string of the molecule is CCC1CCC2(CC1)NC(=O)N(CC(=O)NCc1ccc(-n3ccnc3C)c(F)c1)C2=O.